The average molecular weight is 510 g/mol. The van der Waals surface area contributed by atoms with Gasteiger partial charge in [0.2, 0.25) is 11.8 Å². The lowest BCUT2D eigenvalue weighted by atomic mass is 9.77. The molecule has 3 heteroatoms. The molecule has 2 aromatic rings. The summed E-state index contributed by atoms with van der Waals surface area (Å²) in [4.78, 5) is 4.09. The third-order valence-electron chi connectivity index (χ3n) is 8.33. The molecule has 206 valence electrons. The summed E-state index contributed by atoms with van der Waals surface area (Å²) in [5, 5.41) is 0. The Kier molecular flexibility index (Phi) is 14.1. The fourth-order valence-electron chi connectivity index (χ4n) is 5.88. The Morgan fingerprint density at radius 2 is 1.30 bits per heavy atom. The van der Waals surface area contributed by atoms with Gasteiger partial charge in [0.25, 0.3) is 0 Å². The molecule has 0 unspecified atom stereocenters. The van der Waals surface area contributed by atoms with E-state index < -0.39 is 5.95 Å². The average Bonchev–Trinajstić information content (AvgIpc) is 2.92. The predicted molar refractivity (Wildman–Crippen MR) is 156 cm³/mol. The highest BCUT2D eigenvalue weighted by molar-refractivity contribution is 5.63. The van der Waals surface area contributed by atoms with E-state index in [1.54, 1.807) is 0 Å². The van der Waals surface area contributed by atoms with Crippen LogP contribution in [0.5, 0.6) is 5.88 Å². The molecule has 3 rings (SSSR count). The maximum absolute atomic E-state index is 14.8. The molecule has 0 aliphatic heterocycles. The molecule has 1 aliphatic rings. The van der Waals surface area contributed by atoms with Crippen molar-refractivity contribution in [3.8, 4) is 17.0 Å². The number of benzene rings is 1. The molecule has 1 aromatic heterocycles. The second-order valence-electron chi connectivity index (χ2n) is 11.4. The van der Waals surface area contributed by atoms with Gasteiger partial charge in [0.15, 0.2) is 0 Å². The normalized spacial score (nSPS) is 17.7. The van der Waals surface area contributed by atoms with Crippen molar-refractivity contribution in [2.24, 2.45) is 5.92 Å². The molecule has 2 nitrogen and oxygen atoms in total. The summed E-state index contributed by atoms with van der Waals surface area (Å²) in [6, 6.07) is 12.1. The minimum absolute atomic E-state index is 0.393. The van der Waals surface area contributed by atoms with Crippen molar-refractivity contribution < 1.29 is 9.13 Å². The zero-order valence-electron chi connectivity index (χ0n) is 23.8. The topological polar surface area (TPSA) is 22.1 Å². The SMILES string of the molecule is CCCCCCCCCCCCOc1ccc(-c2ccc(C3CCC(CCCCC)CC3)cc2)c(F)n1. The van der Waals surface area contributed by atoms with E-state index >= 15 is 0 Å². The van der Waals surface area contributed by atoms with Crippen LogP contribution in [0.2, 0.25) is 0 Å². The Balaban J connectivity index is 1.35. The fraction of sp³-hybridized carbons (Fsp3) is 0.676. The molecule has 1 saturated carbocycles. The highest BCUT2D eigenvalue weighted by Crippen LogP contribution is 2.38. The molecule has 0 radical (unpaired) electrons. The lowest BCUT2D eigenvalue weighted by Gasteiger charge is -2.29. The largest absolute Gasteiger partial charge is 0.478 e. The van der Waals surface area contributed by atoms with E-state index in [4.69, 9.17) is 4.74 Å². The van der Waals surface area contributed by atoms with Crippen LogP contribution in [0.15, 0.2) is 36.4 Å². The molecule has 0 atom stereocenters. The summed E-state index contributed by atoms with van der Waals surface area (Å²) < 4.78 is 20.5. The molecule has 1 heterocycles. The van der Waals surface area contributed by atoms with Gasteiger partial charge in [-0.15, -0.1) is 0 Å². The highest BCUT2D eigenvalue weighted by Gasteiger charge is 2.22. The minimum atomic E-state index is -0.444. The number of rotatable bonds is 18. The third-order valence-corrected chi connectivity index (χ3v) is 8.33. The molecule has 0 amide bonds. The van der Waals surface area contributed by atoms with Crippen molar-refractivity contribution in [1.82, 2.24) is 4.98 Å². The fourth-order valence-corrected chi connectivity index (χ4v) is 5.88. The summed E-state index contributed by atoms with van der Waals surface area (Å²) in [5.41, 5.74) is 2.85. The molecule has 0 saturated heterocycles. The summed E-state index contributed by atoms with van der Waals surface area (Å²) in [6.45, 7) is 5.15. The quantitative estimate of drug-likeness (QED) is 0.147. The summed E-state index contributed by atoms with van der Waals surface area (Å²) in [7, 11) is 0. The van der Waals surface area contributed by atoms with Crippen LogP contribution in [-0.2, 0) is 0 Å². The van der Waals surface area contributed by atoms with E-state index in [1.807, 2.05) is 12.1 Å². The third kappa shape index (κ3) is 10.8. The highest BCUT2D eigenvalue weighted by atomic mass is 19.1. The van der Waals surface area contributed by atoms with Gasteiger partial charge in [0, 0.05) is 11.6 Å². The first-order valence-corrected chi connectivity index (χ1v) is 15.6. The molecular formula is C34H52FNO. The van der Waals surface area contributed by atoms with Crippen molar-refractivity contribution in [1.29, 1.82) is 0 Å². The van der Waals surface area contributed by atoms with E-state index in [0.717, 1.165) is 17.9 Å². The van der Waals surface area contributed by atoms with Crippen LogP contribution in [0, 0.1) is 11.9 Å². The van der Waals surface area contributed by atoms with Gasteiger partial charge in [-0.1, -0.05) is 122 Å². The standard InChI is InChI=1S/C34H52FNO/c1-3-5-7-8-9-10-11-12-13-15-27-37-33-26-25-32(34(35)36-33)31-23-21-30(22-24-31)29-19-17-28(18-20-29)16-14-6-4-2/h21-26,28-29H,3-20,27H2,1-2H3. The van der Waals surface area contributed by atoms with Crippen LogP contribution < -0.4 is 4.74 Å². The second-order valence-corrected chi connectivity index (χ2v) is 11.4. The smallest absolute Gasteiger partial charge is 0.224 e. The van der Waals surface area contributed by atoms with Crippen molar-refractivity contribution in [3.05, 3.63) is 47.9 Å². The zero-order valence-corrected chi connectivity index (χ0v) is 23.8. The number of nitrogens with zero attached hydrogens (tertiary/aromatic N) is 1. The van der Waals surface area contributed by atoms with E-state index in [9.17, 15) is 4.39 Å². The molecular weight excluding hydrogens is 457 g/mol. The first kappa shape index (κ1) is 29.7. The first-order chi connectivity index (χ1) is 18.2. The van der Waals surface area contributed by atoms with Gasteiger partial charge in [0.1, 0.15) is 0 Å². The number of aromatic nitrogens is 1. The van der Waals surface area contributed by atoms with E-state index in [-0.39, 0.29) is 0 Å². The van der Waals surface area contributed by atoms with Gasteiger partial charge in [-0.3, -0.25) is 0 Å². The van der Waals surface area contributed by atoms with Crippen LogP contribution in [0.1, 0.15) is 141 Å². The Bertz CT molecular complexity index is 857. The van der Waals surface area contributed by atoms with Crippen LogP contribution in [-0.4, -0.2) is 11.6 Å². The van der Waals surface area contributed by atoms with E-state index in [2.05, 4.69) is 43.1 Å². The number of halogens is 1. The number of pyridine rings is 1. The van der Waals surface area contributed by atoms with Crippen LogP contribution in [0.4, 0.5) is 4.39 Å². The molecule has 1 fully saturated rings. The van der Waals surface area contributed by atoms with E-state index in [1.165, 1.54) is 115 Å². The molecule has 37 heavy (non-hydrogen) atoms. The number of ether oxygens (including phenoxy) is 1. The Labute approximate surface area is 226 Å². The lowest BCUT2D eigenvalue weighted by molar-refractivity contribution is 0.289. The van der Waals surface area contributed by atoms with Gasteiger partial charge >= 0.3 is 0 Å². The Morgan fingerprint density at radius 1 is 0.703 bits per heavy atom. The summed E-state index contributed by atoms with van der Waals surface area (Å²) in [6.07, 6.45) is 23.7. The summed E-state index contributed by atoms with van der Waals surface area (Å²) in [5.74, 6) is 1.53. The summed E-state index contributed by atoms with van der Waals surface area (Å²) >= 11 is 0. The van der Waals surface area contributed by atoms with Crippen molar-refractivity contribution in [2.45, 2.75) is 135 Å². The van der Waals surface area contributed by atoms with Crippen LogP contribution >= 0.6 is 0 Å². The predicted octanol–water partition coefficient (Wildman–Crippen LogP) is 11.0. The van der Waals surface area contributed by atoms with Crippen molar-refractivity contribution in [2.75, 3.05) is 6.61 Å². The van der Waals surface area contributed by atoms with Crippen LogP contribution in [0.3, 0.4) is 0 Å². The van der Waals surface area contributed by atoms with Crippen LogP contribution in [0.25, 0.3) is 11.1 Å². The Hall–Kier alpha value is -1.90. The molecule has 1 aromatic carbocycles. The maximum Gasteiger partial charge on any atom is 0.224 e. The maximum atomic E-state index is 14.8. The number of hydrogen-bond donors (Lipinski definition) is 0. The van der Waals surface area contributed by atoms with Crippen molar-refractivity contribution in [3.63, 3.8) is 0 Å². The molecule has 0 N–H and O–H groups in total. The van der Waals surface area contributed by atoms with Gasteiger partial charge in [0.05, 0.1) is 6.61 Å². The molecule has 0 spiro atoms. The zero-order chi connectivity index (χ0) is 26.1. The number of hydrogen-bond acceptors (Lipinski definition) is 2. The van der Waals surface area contributed by atoms with Gasteiger partial charge in [-0.2, -0.15) is 9.37 Å². The Morgan fingerprint density at radius 3 is 1.92 bits per heavy atom. The molecule has 1 aliphatic carbocycles. The second kappa shape index (κ2) is 17.6. The minimum Gasteiger partial charge on any atom is -0.478 e. The number of unbranched alkanes of at least 4 members (excludes halogenated alkanes) is 11. The van der Waals surface area contributed by atoms with Gasteiger partial charge in [-0.25, -0.2) is 0 Å². The first-order valence-electron chi connectivity index (χ1n) is 15.6. The van der Waals surface area contributed by atoms with Gasteiger partial charge in [-0.05, 0) is 61.1 Å². The van der Waals surface area contributed by atoms with Crippen molar-refractivity contribution >= 4 is 0 Å². The van der Waals surface area contributed by atoms with E-state index in [0.29, 0.717) is 24.0 Å². The molecule has 0 bridgehead atoms. The van der Waals surface area contributed by atoms with Gasteiger partial charge < -0.3 is 4.74 Å². The monoisotopic (exact) mass is 509 g/mol. The lowest BCUT2D eigenvalue weighted by Crippen LogP contribution is -2.13.